The van der Waals surface area contributed by atoms with E-state index in [1.807, 2.05) is 0 Å². The minimum atomic E-state index is -4.32. The molecule has 1 saturated carbocycles. The zero-order chi connectivity index (χ0) is 17.0. The summed E-state index contributed by atoms with van der Waals surface area (Å²) in [5, 5.41) is 0. The second-order valence-electron chi connectivity index (χ2n) is 5.16. The van der Waals surface area contributed by atoms with Gasteiger partial charge < -0.3 is 4.74 Å². The first kappa shape index (κ1) is 17.6. The first-order valence-corrected chi connectivity index (χ1v) is 8.44. The van der Waals surface area contributed by atoms with Crippen LogP contribution in [0.4, 0.5) is 8.78 Å². The van der Waals surface area contributed by atoms with Crippen LogP contribution in [0.25, 0.3) is 0 Å². The Morgan fingerprint density at radius 2 is 1.78 bits per heavy atom. The number of benzene rings is 1. The standard InChI is InChI=1S/C15H16F2O5S/c1-2-15(18)21-11-4-6-12(7-5-11)22-23(19,20)14-8-3-10(16)9-13(14)17/h2-3,8-9,11-12H,1,4-7H2. The molecular weight excluding hydrogens is 330 g/mol. The van der Waals surface area contributed by atoms with Crippen molar-refractivity contribution >= 4 is 16.1 Å². The molecule has 1 aromatic carbocycles. The Balaban J connectivity index is 1.97. The number of hydrogen-bond acceptors (Lipinski definition) is 5. The van der Waals surface area contributed by atoms with Crippen LogP contribution in [-0.2, 0) is 23.8 Å². The van der Waals surface area contributed by atoms with Gasteiger partial charge in [-0.2, -0.15) is 8.42 Å². The van der Waals surface area contributed by atoms with Gasteiger partial charge in [0, 0.05) is 12.1 Å². The zero-order valence-electron chi connectivity index (χ0n) is 12.2. The minimum Gasteiger partial charge on any atom is -0.459 e. The lowest BCUT2D eigenvalue weighted by molar-refractivity contribution is -0.145. The van der Waals surface area contributed by atoms with Crippen LogP contribution in [-0.4, -0.2) is 26.6 Å². The summed E-state index contributed by atoms with van der Waals surface area (Å²) < 4.78 is 60.6. The molecule has 0 aliphatic heterocycles. The number of carbonyl (C=O) groups excluding carboxylic acids is 1. The maximum absolute atomic E-state index is 13.6. The van der Waals surface area contributed by atoms with E-state index in [-0.39, 0.29) is 6.10 Å². The lowest BCUT2D eigenvalue weighted by Gasteiger charge is -2.27. The van der Waals surface area contributed by atoms with Gasteiger partial charge in [-0.25, -0.2) is 13.6 Å². The molecular formula is C15H16F2O5S. The van der Waals surface area contributed by atoms with Crippen molar-refractivity contribution in [3.8, 4) is 0 Å². The quantitative estimate of drug-likeness (QED) is 0.466. The average molecular weight is 346 g/mol. The third kappa shape index (κ3) is 4.59. The van der Waals surface area contributed by atoms with Gasteiger partial charge in [0.1, 0.15) is 22.6 Å². The van der Waals surface area contributed by atoms with E-state index in [1.54, 1.807) is 0 Å². The summed E-state index contributed by atoms with van der Waals surface area (Å²) in [5.41, 5.74) is 0. The van der Waals surface area contributed by atoms with Crippen LogP contribution in [0.15, 0.2) is 35.7 Å². The summed E-state index contributed by atoms with van der Waals surface area (Å²) in [4.78, 5) is 10.4. The molecule has 126 valence electrons. The van der Waals surface area contributed by atoms with Gasteiger partial charge in [-0.1, -0.05) is 6.58 Å². The van der Waals surface area contributed by atoms with Crippen molar-refractivity contribution in [1.82, 2.24) is 0 Å². The van der Waals surface area contributed by atoms with Gasteiger partial charge in [0.15, 0.2) is 0 Å². The van der Waals surface area contributed by atoms with E-state index >= 15 is 0 Å². The predicted octanol–water partition coefficient (Wildman–Crippen LogP) is 2.71. The number of halogens is 2. The van der Waals surface area contributed by atoms with E-state index in [0.29, 0.717) is 31.7 Å². The van der Waals surface area contributed by atoms with Gasteiger partial charge >= 0.3 is 5.97 Å². The summed E-state index contributed by atoms with van der Waals surface area (Å²) >= 11 is 0. The van der Waals surface area contributed by atoms with Crippen LogP contribution in [0.2, 0.25) is 0 Å². The number of carbonyl (C=O) groups is 1. The van der Waals surface area contributed by atoms with Gasteiger partial charge in [-0.15, -0.1) is 0 Å². The molecule has 0 N–H and O–H groups in total. The monoisotopic (exact) mass is 346 g/mol. The molecule has 2 rings (SSSR count). The van der Waals surface area contributed by atoms with Crippen molar-refractivity contribution in [3.05, 3.63) is 42.5 Å². The Morgan fingerprint density at radius 1 is 1.17 bits per heavy atom. The fourth-order valence-electron chi connectivity index (χ4n) is 2.37. The van der Waals surface area contributed by atoms with Crippen molar-refractivity contribution in [2.45, 2.75) is 42.8 Å². The number of hydrogen-bond donors (Lipinski definition) is 0. The molecule has 1 aromatic rings. The maximum atomic E-state index is 13.6. The largest absolute Gasteiger partial charge is 0.459 e. The third-order valence-corrected chi connectivity index (χ3v) is 4.89. The predicted molar refractivity (Wildman–Crippen MR) is 77.0 cm³/mol. The number of ether oxygens (including phenoxy) is 1. The van der Waals surface area contributed by atoms with Gasteiger partial charge in [0.05, 0.1) is 6.10 Å². The summed E-state index contributed by atoms with van der Waals surface area (Å²) in [7, 11) is -4.32. The molecule has 0 atom stereocenters. The van der Waals surface area contributed by atoms with Crippen LogP contribution in [0, 0.1) is 11.6 Å². The lowest BCUT2D eigenvalue weighted by atomic mass is 9.95. The van der Waals surface area contributed by atoms with Gasteiger partial charge in [-0.3, -0.25) is 4.18 Å². The Hall–Kier alpha value is -1.80. The number of rotatable bonds is 5. The van der Waals surface area contributed by atoms with E-state index in [2.05, 4.69) is 6.58 Å². The molecule has 1 fully saturated rings. The summed E-state index contributed by atoms with van der Waals surface area (Å²) in [6, 6.07) is 2.17. The highest BCUT2D eigenvalue weighted by Gasteiger charge is 2.30. The Morgan fingerprint density at radius 3 is 2.35 bits per heavy atom. The smallest absolute Gasteiger partial charge is 0.330 e. The molecule has 1 aliphatic carbocycles. The van der Waals surface area contributed by atoms with E-state index in [4.69, 9.17) is 8.92 Å². The highest BCUT2D eigenvalue weighted by atomic mass is 32.2. The summed E-state index contributed by atoms with van der Waals surface area (Å²) in [6.45, 7) is 3.30. The maximum Gasteiger partial charge on any atom is 0.330 e. The SMILES string of the molecule is C=CC(=O)OC1CCC(OS(=O)(=O)c2ccc(F)cc2F)CC1. The highest BCUT2D eigenvalue weighted by molar-refractivity contribution is 7.86. The molecule has 0 unspecified atom stereocenters. The highest BCUT2D eigenvalue weighted by Crippen LogP contribution is 2.27. The molecule has 23 heavy (non-hydrogen) atoms. The fraction of sp³-hybridized carbons (Fsp3) is 0.400. The molecule has 0 bridgehead atoms. The van der Waals surface area contributed by atoms with Crippen LogP contribution < -0.4 is 0 Å². The zero-order valence-corrected chi connectivity index (χ0v) is 13.0. The van der Waals surface area contributed by atoms with E-state index in [9.17, 15) is 22.0 Å². The molecule has 0 radical (unpaired) electrons. The molecule has 0 aromatic heterocycles. The van der Waals surface area contributed by atoms with Crippen LogP contribution in [0.1, 0.15) is 25.7 Å². The first-order chi connectivity index (χ1) is 10.8. The van der Waals surface area contributed by atoms with E-state index in [0.717, 1.165) is 18.2 Å². The van der Waals surface area contributed by atoms with Crippen molar-refractivity contribution in [1.29, 1.82) is 0 Å². The van der Waals surface area contributed by atoms with Crippen molar-refractivity contribution in [3.63, 3.8) is 0 Å². The molecule has 0 spiro atoms. The average Bonchev–Trinajstić information content (AvgIpc) is 2.48. The van der Waals surface area contributed by atoms with Crippen LogP contribution in [0.3, 0.4) is 0 Å². The van der Waals surface area contributed by atoms with E-state index < -0.39 is 38.7 Å². The molecule has 5 nitrogen and oxygen atoms in total. The molecule has 0 amide bonds. The van der Waals surface area contributed by atoms with Crippen LogP contribution in [0.5, 0.6) is 0 Å². The summed E-state index contributed by atoms with van der Waals surface area (Å²) in [5.74, 6) is -2.60. The Bertz CT molecular complexity index is 694. The second kappa shape index (κ2) is 7.18. The van der Waals surface area contributed by atoms with Crippen molar-refractivity contribution < 1.29 is 30.9 Å². The topological polar surface area (TPSA) is 69.7 Å². The second-order valence-corrected chi connectivity index (χ2v) is 6.71. The minimum absolute atomic E-state index is 0.314. The van der Waals surface area contributed by atoms with E-state index in [1.165, 1.54) is 0 Å². The Labute approximate surface area is 133 Å². The van der Waals surface area contributed by atoms with Gasteiger partial charge in [0.2, 0.25) is 0 Å². The van der Waals surface area contributed by atoms with Crippen LogP contribution >= 0.6 is 0 Å². The molecule has 0 heterocycles. The molecule has 0 saturated heterocycles. The van der Waals surface area contributed by atoms with Gasteiger partial charge in [0.25, 0.3) is 10.1 Å². The molecule has 8 heteroatoms. The molecule has 1 aliphatic rings. The van der Waals surface area contributed by atoms with Gasteiger partial charge in [-0.05, 0) is 37.8 Å². The normalized spacial score (nSPS) is 21.7. The lowest BCUT2D eigenvalue weighted by Crippen LogP contribution is -2.29. The number of esters is 1. The van der Waals surface area contributed by atoms with Crippen molar-refractivity contribution in [2.24, 2.45) is 0 Å². The Kier molecular flexibility index (Phi) is 5.48. The first-order valence-electron chi connectivity index (χ1n) is 7.03. The summed E-state index contributed by atoms with van der Waals surface area (Å²) in [6.07, 6.45) is 1.67. The fourth-order valence-corrected chi connectivity index (χ4v) is 3.55. The van der Waals surface area contributed by atoms with Crippen molar-refractivity contribution in [2.75, 3.05) is 0 Å². The third-order valence-electron chi connectivity index (χ3n) is 3.50.